The third-order valence-corrected chi connectivity index (χ3v) is 3.60. The SMILES string of the molecule is O=C(O)[C@H]1CC[C@@H](C(=O)Nc2cc([N+](=O)[O-])ccc2O)C1. The molecule has 112 valence electrons. The van der Waals surface area contributed by atoms with Gasteiger partial charge in [-0.25, -0.2) is 0 Å². The Labute approximate surface area is 119 Å². The van der Waals surface area contributed by atoms with Crippen LogP contribution in [-0.4, -0.2) is 27.0 Å². The first kappa shape index (κ1) is 14.8. The molecule has 1 aliphatic carbocycles. The lowest BCUT2D eigenvalue weighted by Gasteiger charge is -2.11. The number of carbonyl (C=O) groups excluding carboxylic acids is 1. The topological polar surface area (TPSA) is 130 Å². The van der Waals surface area contributed by atoms with Crippen LogP contribution in [-0.2, 0) is 9.59 Å². The number of nitrogens with zero attached hydrogens (tertiary/aromatic N) is 1. The van der Waals surface area contributed by atoms with E-state index in [0.29, 0.717) is 12.8 Å². The Morgan fingerprint density at radius 2 is 1.95 bits per heavy atom. The number of carboxylic acids is 1. The molecule has 1 fully saturated rings. The van der Waals surface area contributed by atoms with Gasteiger partial charge in [0.05, 0.1) is 16.5 Å². The fourth-order valence-corrected chi connectivity index (χ4v) is 2.42. The number of benzene rings is 1. The molecule has 0 aliphatic heterocycles. The Balaban J connectivity index is 2.08. The number of aliphatic carboxylic acids is 1. The van der Waals surface area contributed by atoms with Gasteiger partial charge in [0, 0.05) is 18.1 Å². The van der Waals surface area contributed by atoms with Crippen molar-refractivity contribution in [2.45, 2.75) is 19.3 Å². The van der Waals surface area contributed by atoms with Crippen LogP contribution < -0.4 is 5.32 Å². The molecule has 0 unspecified atom stereocenters. The Morgan fingerprint density at radius 3 is 2.52 bits per heavy atom. The molecule has 2 atom stereocenters. The highest BCUT2D eigenvalue weighted by atomic mass is 16.6. The van der Waals surface area contributed by atoms with Crippen molar-refractivity contribution in [2.75, 3.05) is 5.32 Å². The van der Waals surface area contributed by atoms with Crippen LogP contribution in [0, 0.1) is 22.0 Å². The van der Waals surface area contributed by atoms with E-state index in [1.165, 1.54) is 0 Å². The van der Waals surface area contributed by atoms with E-state index >= 15 is 0 Å². The maximum Gasteiger partial charge on any atom is 0.306 e. The molecule has 1 amide bonds. The third kappa shape index (κ3) is 3.28. The quantitative estimate of drug-likeness (QED) is 0.440. The van der Waals surface area contributed by atoms with E-state index in [1.807, 2.05) is 0 Å². The van der Waals surface area contributed by atoms with Crippen LogP contribution in [0.15, 0.2) is 18.2 Å². The van der Waals surface area contributed by atoms with Crippen molar-refractivity contribution in [1.29, 1.82) is 0 Å². The summed E-state index contributed by atoms with van der Waals surface area (Å²) < 4.78 is 0. The summed E-state index contributed by atoms with van der Waals surface area (Å²) in [6, 6.07) is 3.32. The van der Waals surface area contributed by atoms with Gasteiger partial charge in [-0.15, -0.1) is 0 Å². The fourth-order valence-electron chi connectivity index (χ4n) is 2.42. The molecular formula is C13H14N2O6. The number of non-ortho nitro benzene ring substituents is 1. The molecule has 0 aromatic heterocycles. The van der Waals surface area contributed by atoms with Crippen molar-refractivity contribution < 1.29 is 24.7 Å². The summed E-state index contributed by atoms with van der Waals surface area (Å²) in [5.74, 6) is -2.65. The van der Waals surface area contributed by atoms with Gasteiger partial charge in [-0.3, -0.25) is 19.7 Å². The molecule has 8 nitrogen and oxygen atoms in total. The van der Waals surface area contributed by atoms with E-state index in [1.54, 1.807) is 0 Å². The van der Waals surface area contributed by atoms with Gasteiger partial charge in [0.1, 0.15) is 5.75 Å². The van der Waals surface area contributed by atoms with Gasteiger partial charge < -0.3 is 15.5 Å². The lowest BCUT2D eigenvalue weighted by Crippen LogP contribution is -2.21. The zero-order valence-electron chi connectivity index (χ0n) is 11.0. The number of phenols is 1. The fraction of sp³-hybridized carbons (Fsp3) is 0.385. The van der Waals surface area contributed by atoms with Gasteiger partial charge in [-0.05, 0) is 25.3 Å². The maximum absolute atomic E-state index is 12.0. The van der Waals surface area contributed by atoms with Crippen molar-refractivity contribution in [2.24, 2.45) is 11.8 Å². The average molecular weight is 294 g/mol. The third-order valence-electron chi connectivity index (χ3n) is 3.60. The number of rotatable bonds is 4. The highest BCUT2D eigenvalue weighted by molar-refractivity contribution is 5.94. The number of anilines is 1. The molecule has 0 radical (unpaired) electrons. The highest BCUT2D eigenvalue weighted by Crippen LogP contribution is 2.33. The summed E-state index contributed by atoms with van der Waals surface area (Å²) in [4.78, 5) is 32.9. The summed E-state index contributed by atoms with van der Waals surface area (Å²) in [7, 11) is 0. The van der Waals surface area contributed by atoms with Crippen LogP contribution >= 0.6 is 0 Å². The Morgan fingerprint density at radius 1 is 1.29 bits per heavy atom. The van der Waals surface area contributed by atoms with E-state index in [0.717, 1.165) is 18.2 Å². The predicted molar refractivity (Wildman–Crippen MR) is 71.9 cm³/mol. The number of carbonyl (C=O) groups is 2. The first-order valence-electron chi connectivity index (χ1n) is 6.39. The molecule has 8 heteroatoms. The van der Waals surface area contributed by atoms with E-state index in [4.69, 9.17) is 5.11 Å². The van der Waals surface area contributed by atoms with Crippen molar-refractivity contribution in [3.05, 3.63) is 28.3 Å². The van der Waals surface area contributed by atoms with Gasteiger partial charge >= 0.3 is 5.97 Å². The number of nitro groups is 1. The minimum absolute atomic E-state index is 0.0482. The smallest absolute Gasteiger partial charge is 0.306 e. The first-order chi connectivity index (χ1) is 9.88. The molecular weight excluding hydrogens is 280 g/mol. The number of nitro benzene ring substituents is 1. The van der Waals surface area contributed by atoms with Crippen LogP contribution in [0.25, 0.3) is 0 Å². The Bertz CT molecular complexity index is 600. The van der Waals surface area contributed by atoms with Crippen molar-refractivity contribution in [3.63, 3.8) is 0 Å². The van der Waals surface area contributed by atoms with E-state index in [2.05, 4.69) is 5.32 Å². The Hall–Kier alpha value is -2.64. The number of hydrogen-bond donors (Lipinski definition) is 3. The lowest BCUT2D eigenvalue weighted by atomic mass is 10.0. The molecule has 0 heterocycles. The van der Waals surface area contributed by atoms with Crippen LogP contribution in [0.1, 0.15) is 19.3 Å². The van der Waals surface area contributed by atoms with Gasteiger partial charge in [0.2, 0.25) is 5.91 Å². The molecule has 0 saturated heterocycles. The number of amides is 1. The minimum atomic E-state index is -0.927. The van der Waals surface area contributed by atoms with Gasteiger partial charge in [-0.1, -0.05) is 0 Å². The number of hydrogen-bond acceptors (Lipinski definition) is 5. The predicted octanol–water partition coefficient (Wildman–Crippen LogP) is 1.74. The first-order valence-corrected chi connectivity index (χ1v) is 6.39. The van der Waals surface area contributed by atoms with Gasteiger partial charge in [-0.2, -0.15) is 0 Å². The second-order valence-corrected chi connectivity index (χ2v) is 4.99. The monoisotopic (exact) mass is 294 g/mol. The molecule has 3 N–H and O–H groups in total. The molecule has 1 saturated carbocycles. The molecule has 0 spiro atoms. The van der Waals surface area contributed by atoms with Crippen LogP contribution in [0.3, 0.4) is 0 Å². The molecule has 0 bridgehead atoms. The van der Waals surface area contributed by atoms with Crippen molar-refractivity contribution >= 4 is 23.3 Å². The molecule has 21 heavy (non-hydrogen) atoms. The van der Waals surface area contributed by atoms with E-state index in [9.17, 15) is 24.8 Å². The summed E-state index contributed by atoms with van der Waals surface area (Å²) in [6.07, 6.45) is 1.10. The summed E-state index contributed by atoms with van der Waals surface area (Å²) >= 11 is 0. The highest BCUT2D eigenvalue weighted by Gasteiger charge is 2.34. The lowest BCUT2D eigenvalue weighted by molar-refractivity contribution is -0.384. The number of aromatic hydroxyl groups is 1. The molecule has 1 aromatic carbocycles. The second kappa shape index (κ2) is 5.78. The number of carboxylic acid groups (broad SMARTS) is 1. The summed E-state index contributed by atoms with van der Waals surface area (Å²) in [5.41, 5.74) is -0.300. The van der Waals surface area contributed by atoms with Crippen LogP contribution in [0.2, 0.25) is 0 Å². The average Bonchev–Trinajstić information content (AvgIpc) is 2.90. The largest absolute Gasteiger partial charge is 0.506 e. The summed E-state index contributed by atoms with van der Waals surface area (Å²) in [5, 5.41) is 31.6. The standard InChI is InChI=1S/C13H14N2O6/c16-11-4-3-9(15(20)21)6-10(11)14-12(17)7-1-2-8(5-7)13(18)19/h3-4,6-8,16H,1-2,5H2,(H,14,17)(H,18,19)/t7-,8+/m1/s1. The molecule has 2 rings (SSSR count). The molecule has 1 aliphatic rings. The molecule has 1 aromatic rings. The minimum Gasteiger partial charge on any atom is -0.506 e. The number of nitrogens with one attached hydrogen (secondary N) is 1. The van der Waals surface area contributed by atoms with E-state index in [-0.39, 0.29) is 23.5 Å². The normalized spacial score (nSPS) is 21.0. The second-order valence-electron chi connectivity index (χ2n) is 4.99. The zero-order chi connectivity index (χ0) is 15.6. The number of phenolic OH excluding ortho intramolecular Hbond substituents is 1. The van der Waals surface area contributed by atoms with E-state index < -0.39 is 28.6 Å². The van der Waals surface area contributed by atoms with Crippen molar-refractivity contribution in [1.82, 2.24) is 0 Å². The Kier molecular flexibility index (Phi) is 4.06. The zero-order valence-corrected chi connectivity index (χ0v) is 11.0. The van der Waals surface area contributed by atoms with Gasteiger partial charge in [0.25, 0.3) is 5.69 Å². The van der Waals surface area contributed by atoms with Crippen LogP contribution in [0.5, 0.6) is 5.75 Å². The van der Waals surface area contributed by atoms with Gasteiger partial charge in [0.15, 0.2) is 0 Å². The van der Waals surface area contributed by atoms with Crippen molar-refractivity contribution in [3.8, 4) is 5.75 Å². The maximum atomic E-state index is 12.0. The summed E-state index contributed by atoms with van der Waals surface area (Å²) in [6.45, 7) is 0. The van der Waals surface area contributed by atoms with Crippen LogP contribution in [0.4, 0.5) is 11.4 Å².